The van der Waals surface area contributed by atoms with Gasteiger partial charge in [-0.15, -0.1) is 0 Å². The minimum Gasteiger partial charge on any atom is -0.506 e. The second kappa shape index (κ2) is 4.66. The quantitative estimate of drug-likeness (QED) is 0.725. The first-order chi connectivity index (χ1) is 8.47. The second-order valence-electron chi connectivity index (χ2n) is 3.94. The average Bonchev–Trinajstić information content (AvgIpc) is 2.63. The van der Waals surface area contributed by atoms with Gasteiger partial charge in [-0.25, -0.2) is 4.98 Å². The molecule has 5 nitrogen and oxygen atoms in total. The Labute approximate surface area is 108 Å². The maximum atomic E-state index is 12.0. The van der Waals surface area contributed by atoms with Crippen LogP contribution in [0, 0.1) is 13.8 Å². The molecule has 0 bridgehead atoms. The summed E-state index contributed by atoms with van der Waals surface area (Å²) in [5, 5.41) is 12.7. The molecule has 1 aromatic heterocycles. The summed E-state index contributed by atoms with van der Waals surface area (Å²) >= 11 is 1.12. The molecule has 0 unspecified atom stereocenters. The van der Waals surface area contributed by atoms with Crippen LogP contribution in [0.2, 0.25) is 0 Å². The summed E-state index contributed by atoms with van der Waals surface area (Å²) in [7, 11) is 0. The molecule has 2 rings (SSSR count). The van der Waals surface area contributed by atoms with Crippen molar-refractivity contribution in [3.8, 4) is 5.75 Å². The molecule has 0 fully saturated rings. The van der Waals surface area contributed by atoms with Crippen molar-refractivity contribution in [2.45, 2.75) is 13.8 Å². The number of anilines is 2. The Balaban J connectivity index is 2.26. The van der Waals surface area contributed by atoms with Gasteiger partial charge in [0, 0.05) is 0 Å². The molecule has 0 aliphatic heterocycles. The summed E-state index contributed by atoms with van der Waals surface area (Å²) < 4.78 is 0. The molecular weight excluding hydrogens is 250 g/mol. The van der Waals surface area contributed by atoms with E-state index in [1.165, 1.54) is 0 Å². The van der Waals surface area contributed by atoms with Gasteiger partial charge >= 0.3 is 0 Å². The fraction of sp³-hybridized carbons (Fsp3) is 0.167. The van der Waals surface area contributed by atoms with Crippen molar-refractivity contribution >= 4 is 28.1 Å². The molecule has 1 heterocycles. The zero-order valence-corrected chi connectivity index (χ0v) is 10.8. The number of aryl methyl sites for hydroxylation is 2. The maximum absolute atomic E-state index is 12.0. The van der Waals surface area contributed by atoms with Crippen molar-refractivity contribution in [3.05, 3.63) is 34.3 Å². The Hall–Kier alpha value is -2.08. The number of nitrogens with two attached hydrogens (primary N) is 1. The number of thiazole rings is 1. The van der Waals surface area contributed by atoms with Crippen LogP contribution in [-0.2, 0) is 0 Å². The van der Waals surface area contributed by atoms with E-state index >= 15 is 0 Å². The smallest absolute Gasteiger partial charge is 0.267 e. The number of carbonyl (C=O) groups is 1. The molecule has 0 atom stereocenters. The molecule has 1 amide bonds. The third-order valence-corrected chi connectivity index (χ3v) is 3.40. The van der Waals surface area contributed by atoms with Gasteiger partial charge in [0.25, 0.3) is 5.91 Å². The van der Waals surface area contributed by atoms with Gasteiger partial charge in [0.2, 0.25) is 0 Å². The first-order valence-electron chi connectivity index (χ1n) is 5.31. The zero-order valence-electron chi connectivity index (χ0n) is 10.0. The van der Waals surface area contributed by atoms with Gasteiger partial charge in [-0.2, -0.15) is 0 Å². The first kappa shape index (κ1) is 12.4. The van der Waals surface area contributed by atoms with E-state index in [1.54, 1.807) is 25.1 Å². The van der Waals surface area contributed by atoms with Gasteiger partial charge in [-0.1, -0.05) is 17.4 Å². The molecule has 6 heteroatoms. The largest absolute Gasteiger partial charge is 0.506 e. The Morgan fingerprint density at radius 2 is 2.17 bits per heavy atom. The molecule has 2 aromatic rings. The number of nitrogen functional groups attached to an aromatic ring is 1. The second-order valence-corrected chi connectivity index (χ2v) is 4.97. The topological polar surface area (TPSA) is 88.2 Å². The lowest BCUT2D eigenvalue weighted by molar-refractivity contribution is 0.102. The zero-order chi connectivity index (χ0) is 13.3. The van der Waals surface area contributed by atoms with Crippen molar-refractivity contribution in [2.75, 3.05) is 11.1 Å². The number of hydrogen-bond acceptors (Lipinski definition) is 5. The fourth-order valence-electron chi connectivity index (χ4n) is 1.56. The van der Waals surface area contributed by atoms with Crippen LogP contribution in [0.5, 0.6) is 5.75 Å². The van der Waals surface area contributed by atoms with Crippen LogP contribution < -0.4 is 11.1 Å². The number of nitrogens with one attached hydrogen (secondary N) is 1. The third-order valence-electron chi connectivity index (χ3n) is 2.42. The monoisotopic (exact) mass is 263 g/mol. The van der Waals surface area contributed by atoms with Gasteiger partial charge < -0.3 is 16.2 Å². The Kier molecular flexibility index (Phi) is 3.20. The number of carbonyl (C=O) groups excluding carboxylic acids is 1. The third kappa shape index (κ3) is 2.43. The number of amides is 1. The van der Waals surface area contributed by atoms with Crippen molar-refractivity contribution in [1.29, 1.82) is 0 Å². The summed E-state index contributed by atoms with van der Waals surface area (Å²) in [5.74, 6) is -0.285. The van der Waals surface area contributed by atoms with Crippen LogP contribution in [-0.4, -0.2) is 16.0 Å². The van der Waals surface area contributed by atoms with Crippen LogP contribution in [0.15, 0.2) is 18.2 Å². The number of phenolic OH excluding ortho intramolecular Hbond substituents is 1. The van der Waals surface area contributed by atoms with Crippen LogP contribution in [0.1, 0.15) is 20.9 Å². The lowest BCUT2D eigenvalue weighted by Crippen LogP contribution is -2.11. The highest BCUT2D eigenvalue weighted by Crippen LogP contribution is 2.26. The molecule has 0 saturated carbocycles. The van der Waals surface area contributed by atoms with E-state index < -0.39 is 0 Å². The fourth-order valence-corrected chi connectivity index (χ4v) is 2.29. The first-order valence-corrected chi connectivity index (χ1v) is 6.13. The molecule has 0 spiro atoms. The highest BCUT2D eigenvalue weighted by atomic mass is 32.1. The molecule has 94 valence electrons. The number of aromatic nitrogens is 1. The van der Waals surface area contributed by atoms with E-state index in [2.05, 4.69) is 10.3 Å². The highest BCUT2D eigenvalue weighted by Gasteiger charge is 2.15. The maximum Gasteiger partial charge on any atom is 0.267 e. The molecule has 4 N–H and O–H groups in total. The predicted octanol–water partition coefficient (Wildman–Crippen LogP) is 2.30. The van der Waals surface area contributed by atoms with Crippen molar-refractivity contribution in [3.63, 3.8) is 0 Å². The van der Waals surface area contributed by atoms with E-state index in [-0.39, 0.29) is 11.7 Å². The average molecular weight is 263 g/mol. The van der Waals surface area contributed by atoms with Gasteiger partial charge in [-0.3, -0.25) is 4.79 Å². The number of phenols is 1. The van der Waals surface area contributed by atoms with E-state index in [4.69, 9.17) is 5.73 Å². The van der Waals surface area contributed by atoms with Crippen molar-refractivity contribution < 1.29 is 9.90 Å². The number of rotatable bonds is 2. The van der Waals surface area contributed by atoms with Gasteiger partial charge in [0.15, 0.2) is 5.13 Å². The summed E-state index contributed by atoms with van der Waals surface area (Å²) in [6.45, 7) is 3.60. The predicted molar refractivity (Wildman–Crippen MR) is 72.1 cm³/mol. The number of nitrogens with zero attached hydrogens (tertiary/aromatic N) is 1. The number of benzene rings is 1. The van der Waals surface area contributed by atoms with E-state index in [1.807, 2.05) is 6.92 Å². The van der Waals surface area contributed by atoms with Crippen LogP contribution in [0.25, 0.3) is 0 Å². The van der Waals surface area contributed by atoms with E-state index in [0.29, 0.717) is 21.4 Å². The van der Waals surface area contributed by atoms with E-state index in [9.17, 15) is 9.90 Å². The number of hydrogen-bond donors (Lipinski definition) is 3. The lowest BCUT2D eigenvalue weighted by atomic mass is 10.2. The van der Waals surface area contributed by atoms with Crippen LogP contribution in [0.3, 0.4) is 0 Å². The molecular formula is C12H13N3O2S. The summed E-state index contributed by atoms with van der Waals surface area (Å²) in [4.78, 5) is 16.4. The molecule has 0 radical (unpaired) electrons. The lowest BCUT2D eigenvalue weighted by Gasteiger charge is -2.07. The normalized spacial score (nSPS) is 10.3. The molecule has 0 aliphatic rings. The van der Waals surface area contributed by atoms with E-state index in [0.717, 1.165) is 16.9 Å². The molecule has 18 heavy (non-hydrogen) atoms. The van der Waals surface area contributed by atoms with Crippen LogP contribution in [0.4, 0.5) is 10.8 Å². The van der Waals surface area contributed by atoms with Crippen LogP contribution >= 0.6 is 11.3 Å². The highest BCUT2D eigenvalue weighted by molar-refractivity contribution is 7.17. The minimum absolute atomic E-state index is 0.0316. The van der Waals surface area contributed by atoms with Gasteiger partial charge in [0.05, 0.1) is 11.4 Å². The van der Waals surface area contributed by atoms with Gasteiger partial charge in [-0.05, 0) is 31.5 Å². The van der Waals surface area contributed by atoms with Crippen molar-refractivity contribution in [2.24, 2.45) is 0 Å². The molecule has 1 aromatic carbocycles. The SMILES string of the molecule is Cc1ccc(O)c(NC(=O)c2sc(N)nc2C)c1. The molecule has 0 aliphatic carbocycles. The minimum atomic E-state index is -0.317. The molecule has 0 saturated heterocycles. The summed E-state index contributed by atoms with van der Waals surface area (Å²) in [6, 6.07) is 5.01. The standard InChI is InChI=1S/C12H13N3O2S/c1-6-3-4-9(16)8(5-6)15-11(17)10-7(2)14-12(13)18-10/h3-5,16H,1-2H3,(H2,13,14)(H,15,17). The Morgan fingerprint density at radius 1 is 1.44 bits per heavy atom. The summed E-state index contributed by atoms with van der Waals surface area (Å²) in [6.07, 6.45) is 0. The van der Waals surface area contributed by atoms with Crippen molar-refractivity contribution in [1.82, 2.24) is 4.98 Å². The Morgan fingerprint density at radius 3 is 2.78 bits per heavy atom. The van der Waals surface area contributed by atoms with Gasteiger partial charge in [0.1, 0.15) is 10.6 Å². The number of aromatic hydroxyl groups is 1. The Bertz CT molecular complexity index is 607. The summed E-state index contributed by atoms with van der Waals surface area (Å²) in [5.41, 5.74) is 7.46.